The van der Waals surface area contributed by atoms with Gasteiger partial charge in [0.15, 0.2) is 17.8 Å². The number of para-hydroxylation sites is 1. The molecule has 4 rings (SSSR count). The number of alkyl halides is 3. The van der Waals surface area contributed by atoms with E-state index in [1.807, 2.05) is 31.2 Å². The third kappa shape index (κ3) is 5.20. The van der Waals surface area contributed by atoms with Crippen LogP contribution in [0.3, 0.4) is 0 Å². The van der Waals surface area contributed by atoms with E-state index in [0.29, 0.717) is 16.4 Å². The van der Waals surface area contributed by atoms with Gasteiger partial charge in [-0.1, -0.05) is 29.8 Å². The maximum absolute atomic E-state index is 13.1. The lowest BCUT2D eigenvalue weighted by molar-refractivity contribution is -0.207. The molecule has 13 heteroatoms. The van der Waals surface area contributed by atoms with Gasteiger partial charge in [-0.2, -0.15) is 13.2 Å². The first-order valence-corrected chi connectivity index (χ1v) is 11.3. The Labute approximate surface area is 208 Å². The lowest BCUT2D eigenvalue weighted by atomic mass is 10.2. The van der Waals surface area contributed by atoms with Crippen LogP contribution in [0.5, 0.6) is 0 Å². The zero-order valence-electron chi connectivity index (χ0n) is 19.3. The third-order valence-electron chi connectivity index (χ3n) is 5.48. The summed E-state index contributed by atoms with van der Waals surface area (Å²) in [5.74, 6) is 0.569. The predicted molar refractivity (Wildman–Crippen MR) is 127 cm³/mol. The average molecular weight is 522 g/mol. The Morgan fingerprint density at radius 1 is 1.11 bits per heavy atom. The van der Waals surface area contributed by atoms with Gasteiger partial charge in [0.25, 0.3) is 0 Å². The number of hydrogen-bond acceptors (Lipinski definition) is 6. The van der Waals surface area contributed by atoms with Crippen molar-refractivity contribution < 1.29 is 18.3 Å². The van der Waals surface area contributed by atoms with Crippen LogP contribution in [0.4, 0.5) is 13.2 Å². The molecule has 1 unspecified atom stereocenters. The highest BCUT2D eigenvalue weighted by molar-refractivity contribution is 6.30. The van der Waals surface area contributed by atoms with Gasteiger partial charge in [-0.3, -0.25) is 4.57 Å². The topological polar surface area (TPSA) is 117 Å². The quantitative estimate of drug-likeness (QED) is 0.385. The number of aryl methyl sites for hydroxylation is 1. The minimum absolute atomic E-state index is 0.0641. The molecule has 2 aromatic heterocycles. The molecule has 9 nitrogen and oxygen atoms in total. The van der Waals surface area contributed by atoms with E-state index in [-0.39, 0.29) is 18.2 Å². The summed E-state index contributed by atoms with van der Waals surface area (Å²) in [6.45, 7) is 2.38. The van der Waals surface area contributed by atoms with Crippen LogP contribution in [0.2, 0.25) is 5.02 Å². The molecule has 0 aliphatic carbocycles. The van der Waals surface area contributed by atoms with Crippen LogP contribution in [0.25, 0.3) is 17.1 Å². The van der Waals surface area contributed by atoms with Gasteiger partial charge in [0.2, 0.25) is 0 Å². The van der Waals surface area contributed by atoms with Crippen LogP contribution in [-0.4, -0.2) is 46.5 Å². The number of aliphatic hydroxyl groups is 1. The van der Waals surface area contributed by atoms with Crippen LogP contribution >= 0.6 is 11.6 Å². The van der Waals surface area contributed by atoms with Crippen LogP contribution < -0.4 is 11.4 Å². The second-order valence-corrected chi connectivity index (χ2v) is 8.75. The maximum Gasteiger partial charge on any atom is 0.416 e. The second kappa shape index (κ2) is 9.88. The molecule has 0 saturated heterocycles. The Balaban J connectivity index is 1.78. The lowest BCUT2D eigenvalue weighted by Crippen LogP contribution is -2.37. The van der Waals surface area contributed by atoms with Gasteiger partial charge in [-0.25, -0.2) is 19.1 Å². The van der Waals surface area contributed by atoms with Gasteiger partial charge in [0.1, 0.15) is 12.4 Å². The normalized spacial score (nSPS) is 13.7. The molecule has 0 spiro atoms. The highest BCUT2D eigenvalue weighted by Crippen LogP contribution is 2.24. The van der Waals surface area contributed by atoms with Crippen molar-refractivity contribution >= 4 is 11.6 Å². The Kier molecular flexibility index (Phi) is 7.03. The second-order valence-electron chi connectivity index (χ2n) is 8.31. The number of halogens is 4. The summed E-state index contributed by atoms with van der Waals surface area (Å²) < 4.78 is 42.5. The molecular formula is C23H23ClF3N7O2. The molecule has 190 valence electrons. The van der Waals surface area contributed by atoms with Gasteiger partial charge in [0.05, 0.1) is 18.3 Å². The molecule has 4 aromatic rings. The molecule has 0 amide bonds. The number of nitrogens with zero attached hydrogens (tertiary/aromatic N) is 6. The molecule has 0 aliphatic rings. The summed E-state index contributed by atoms with van der Waals surface area (Å²) in [5, 5.41) is 18.8. The summed E-state index contributed by atoms with van der Waals surface area (Å²) >= 11 is 5.92. The Hall–Kier alpha value is -3.48. The Bertz CT molecular complexity index is 1420. The zero-order valence-corrected chi connectivity index (χ0v) is 20.1. The van der Waals surface area contributed by atoms with E-state index in [1.54, 1.807) is 11.6 Å². The Morgan fingerprint density at radius 2 is 1.78 bits per heavy atom. The first-order valence-electron chi connectivity index (χ1n) is 10.9. The molecule has 0 fully saturated rings. The first kappa shape index (κ1) is 25.6. The SMILES string of the molecule is Cc1ccccc1-n1nc(Cn2nc(-c3ccc(Cl)cc3)n(C[C@H](O)C(F)(F)F)c2=O)nc1C(C)N. The summed E-state index contributed by atoms with van der Waals surface area (Å²) in [5.41, 5.74) is 7.24. The predicted octanol–water partition coefficient (Wildman–Crippen LogP) is 3.25. The van der Waals surface area contributed by atoms with Crippen molar-refractivity contribution in [3.8, 4) is 17.1 Å². The molecule has 3 N–H and O–H groups in total. The molecule has 0 saturated carbocycles. The van der Waals surface area contributed by atoms with Gasteiger partial charge < -0.3 is 10.8 Å². The number of aromatic nitrogens is 6. The molecular weight excluding hydrogens is 499 g/mol. The lowest BCUT2D eigenvalue weighted by Gasteiger charge is -2.15. The van der Waals surface area contributed by atoms with Crippen molar-refractivity contribution in [2.24, 2.45) is 5.73 Å². The van der Waals surface area contributed by atoms with Gasteiger partial charge in [-0.05, 0) is 49.7 Å². The van der Waals surface area contributed by atoms with Gasteiger partial charge in [0, 0.05) is 10.6 Å². The highest BCUT2D eigenvalue weighted by atomic mass is 35.5. The molecule has 0 radical (unpaired) electrons. The minimum atomic E-state index is -4.92. The van der Waals surface area contributed by atoms with Crippen LogP contribution in [0.1, 0.15) is 30.2 Å². The fourth-order valence-electron chi connectivity index (χ4n) is 3.64. The standard InChI is InChI=1S/C23H23ClF3N7O2/c1-13-5-3-4-6-17(13)34-20(14(2)28)29-19(30-34)12-33-22(36)32(11-18(35)23(25,26)27)21(31-33)15-7-9-16(24)10-8-15/h3-10,14,18,35H,11-12,28H2,1-2H3/t14?,18-/m0/s1. The molecule has 0 bridgehead atoms. The smallest absolute Gasteiger partial charge is 0.382 e. The highest BCUT2D eigenvalue weighted by Gasteiger charge is 2.39. The number of hydrogen-bond donors (Lipinski definition) is 2. The fourth-order valence-corrected chi connectivity index (χ4v) is 3.77. The monoisotopic (exact) mass is 521 g/mol. The number of aliphatic hydroxyl groups excluding tert-OH is 1. The van der Waals surface area contributed by atoms with E-state index in [2.05, 4.69) is 15.2 Å². The number of nitrogens with two attached hydrogens (primary N) is 1. The van der Waals surface area contributed by atoms with Crippen LogP contribution in [0.15, 0.2) is 53.3 Å². The van der Waals surface area contributed by atoms with Crippen molar-refractivity contribution in [2.45, 2.75) is 45.3 Å². The average Bonchev–Trinajstić information content (AvgIpc) is 3.36. The van der Waals surface area contributed by atoms with E-state index in [1.165, 1.54) is 24.3 Å². The number of benzene rings is 2. The minimum Gasteiger partial charge on any atom is -0.382 e. The summed E-state index contributed by atoms with van der Waals surface area (Å²) in [6.07, 6.45) is -7.68. The third-order valence-corrected chi connectivity index (χ3v) is 5.73. The van der Waals surface area contributed by atoms with Crippen molar-refractivity contribution in [1.29, 1.82) is 0 Å². The first-order chi connectivity index (χ1) is 17.0. The van der Waals surface area contributed by atoms with Crippen molar-refractivity contribution in [2.75, 3.05) is 0 Å². The fraction of sp³-hybridized carbons (Fsp3) is 0.304. The molecule has 0 aliphatic heterocycles. The van der Waals surface area contributed by atoms with Crippen LogP contribution in [0, 0.1) is 6.92 Å². The largest absolute Gasteiger partial charge is 0.416 e. The number of rotatable bonds is 7. The summed E-state index contributed by atoms with van der Waals surface area (Å²) in [7, 11) is 0. The summed E-state index contributed by atoms with van der Waals surface area (Å²) in [6, 6.07) is 13.0. The van der Waals surface area contributed by atoms with E-state index in [9.17, 15) is 23.1 Å². The van der Waals surface area contributed by atoms with Crippen molar-refractivity contribution in [3.63, 3.8) is 0 Å². The van der Waals surface area contributed by atoms with Gasteiger partial charge in [-0.15, -0.1) is 10.2 Å². The molecule has 2 atom stereocenters. The molecule has 36 heavy (non-hydrogen) atoms. The Morgan fingerprint density at radius 3 is 2.39 bits per heavy atom. The maximum atomic E-state index is 13.1. The molecule has 2 aromatic carbocycles. The molecule has 2 heterocycles. The van der Waals surface area contributed by atoms with Crippen molar-refractivity contribution in [3.05, 3.63) is 81.3 Å². The van der Waals surface area contributed by atoms with E-state index < -0.39 is 30.6 Å². The van der Waals surface area contributed by atoms with E-state index in [0.717, 1.165) is 20.5 Å². The van der Waals surface area contributed by atoms with Crippen LogP contribution in [-0.2, 0) is 13.1 Å². The van der Waals surface area contributed by atoms with Gasteiger partial charge >= 0.3 is 11.9 Å². The van der Waals surface area contributed by atoms with E-state index in [4.69, 9.17) is 17.3 Å². The van der Waals surface area contributed by atoms with Crippen molar-refractivity contribution in [1.82, 2.24) is 29.1 Å². The summed E-state index contributed by atoms with van der Waals surface area (Å²) in [4.78, 5) is 17.6. The van der Waals surface area contributed by atoms with E-state index >= 15 is 0 Å². The zero-order chi connectivity index (χ0) is 26.2.